The third-order valence-electron chi connectivity index (χ3n) is 6.14. The van der Waals surface area contributed by atoms with E-state index < -0.39 is 5.60 Å². The summed E-state index contributed by atoms with van der Waals surface area (Å²) in [5, 5.41) is 10.6. The van der Waals surface area contributed by atoms with Gasteiger partial charge in [-0.25, -0.2) is 4.79 Å². The lowest BCUT2D eigenvalue weighted by molar-refractivity contribution is -0.00103. The van der Waals surface area contributed by atoms with E-state index in [-0.39, 0.29) is 17.6 Å². The number of aliphatic hydroxyl groups excluding tert-OH is 1. The predicted molar refractivity (Wildman–Crippen MR) is 93.6 cm³/mol. The summed E-state index contributed by atoms with van der Waals surface area (Å²) in [6, 6.07) is 0. The third-order valence-corrected chi connectivity index (χ3v) is 6.97. The van der Waals surface area contributed by atoms with Crippen LogP contribution in [0, 0.1) is 17.3 Å². The van der Waals surface area contributed by atoms with Crippen LogP contribution >= 0.6 is 15.9 Å². The number of halogens is 1. The largest absolute Gasteiger partial charge is 0.444 e. The Hall–Kier alpha value is -0.290. The normalized spacial score (nSPS) is 36.8. The highest BCUT2D eigenvalue weighted by atomic mass is 79.9. The third kappa shape index (κ3) is 3.55. The zero-order valence-electron chi connectivity index (χ0n) is 14.6. The molecule has 1 amide bonds. The average molecular weight is 388 g/mol. The number of fused-ring (bicyclic) bond motifs is 2. The summed E-state index contributed by atoms with van der Waals surface area (Å²) in [7, 11) is 0. The van der Waals surface area contributed by atoms with Crippen molar-refractivity contribution in [3.8, 4) is 0 Å². The highest BCUT2D eigenvalue weighted by molar-refractivity contribution is 9.09. The zero-order valence-corrected chi connectivity index (χ0v) is 16.1. The van der Waals surface area contributed by atoms with Crippen molar-refractivity contribution in [2.24, 2.45) is 17.3 Å². The molecule has 1 aliphatic heterocycles. The summed E-state index contributed by atoms with van der Waals surface area (Å²) in [6.45, 7) is 7.26. The molecule has 4 nitrogen and oxygen atoms in total. The Morgan fingerprint density at radius 2 is 1.91 bits per heavy atom. The van der Waals surface area contributed by atoms with Gasteiger partial charge in [0.15, 0.2) is 0 Å². The van der Waals surface area contributed by atoms with E-state index in [0.29, 0.717) is 16.7 Å². The van der Waals surface area contributed by atoms with Gasteiger partial charge in [0.1, 0.15) is 5.60 Å². The van der Waals surface area contributed by atoms with Crippen LogP contribution in [0.25, 0.3) is 0 Å². The van der Waals surface area contributed by atoms with Gasteiger partial charge in [0, 0.05) is 17.9 Å². The highest BCUT2D eigenvalue weighted by Crippen LogP contribution is 2.58. The van der Waals surface area contributed by atoms with E-state index in [2.05, 4.69) is 15.9 Å². The van der Waals surface area contributed by atoms with Gasteiger partial charge in [-0.05, 0) is 76.5 Å². The number of rotatable bonds is 0. The maximum atomic E-state index is 12.3. The molecule has 2 aliphatic carbocycles. The van der Waals surface area contributed by atoms with Gasteiger partial charge in [-0.3, -0.25) is 0 Å². The fraction of sp³-hybridized carbons (Fsp3) is 0.944. The smallest absolute Gasteiger partial charge is 0.410 e. The first kappa shape index (κ1) is 17.5. The average Bonchev–Trinajstić information content (AvgIpc) is 2.70. The summed E-state index contributed by atoms with van der Waals surface area (Å²) in [5.74, 6) is 1.08. The Balaban J connectivity index is 1.63. The van der Waals surface area contributed by atoms with Crippen LogP contribution < -0.4 is 0 Å². The van der Waals surface area contributed by atoms with Crippen LogP contribution in [-0.4, -0.2) is 45.7 Å². The number of nitrogens with zero attached hydrogens (tertiary/aromatic N) is 1. The molecule has 3 aliphatic rings. The molecule has 1 heterocycles. The minimum absolute atomic E-state index is 0.159. The quantitative estimate of drug-likeness (QED) is 0.640. The SMILES string of the molecule is CC(C)(C)OC(=O)N1CCC2(CC1)CC(O)C1CC(Br)CCC12. The van der Waals surface area contributed by atoms with Gasteiger partial charge < -0.3 is 14.7 Å². The number of alkyl halides is 1. The Labute approximate surface area is 148 Å². The lowest BCUT2D eigenvalue weighted by Gasteiger charge is -2.45. The maximum absolute atomic E-state index is 12.3. The molecule has 3 fully saturated rings. The number of hydrogen-bond donors (Lipinski definition) is 1. The fourth-order valence-corrected chi connectivity index (χ4v) is 5.79. The molecule has 0 aromatic heterocycles. The topological polar surface area (TPSA) is 49.8 Å². The van der Waals surface area contributed by atoms with Crippen molar-refractivity contribution < 1.29 is 14.6 Å². The Morgan fingerprint density at radius 1 is 1.26 bits per heavy atom. The van der Waals surface area contributed by atoms with Gasteiger partial charge >= 0.3 is 6.09 Å². The van der Waals surface area contributed by atoms with E-state index in [1.165, 1.54) is 12.8 Å². The maximum Gasteiger partial charge on any atom is 0.410 e. The molecule has 4 atom stereocenters. The van der Waals surface area contributed by atoms with Gasteiger partial charge in [-0.15, -0.1) is 0 Å². The molecule has 0 aromatic rings. The number of carbonyl (C=O) groups is 1. The second-order valence-corrected chi connectivity index (χ2v) is 10.1. The van der Waals surface area contributed by atoms with Crippen molar-refractivity contribution >= 4 is 22.0 Å². The fourth-order valence-electron chi connectivity index (χ4n) is 5.09. The van der Waals surface area contributed by atoms with Gasteiger partial charge in [0.2, 0.25) is 0 Å². The van der Waals surface area contributed by atoms with Gasteiger partial charge in [0.05, 0.1) is 6.10 Å². The Morgan fingerprint density at radius 3 is 2.52 bits per heavy atom. The van der Waals surface area contributed by atoms with Crippen LogP contribution in [0.2, 0.25) is 0 Å². The van der Waals surface area contributed by atoms with E-state index in [1.807, 2.05) is 25.7 Å². The van der Waals surface area contributed by atoms with Crippen LogP contribution in [0.5, 0.6) is 0 Å². The molecule has 23 heavy (non-hydrogen) atoms. The number of aliphatic hydroxyl groups is 1. The molecule has 3 rings (SSSR count). The lowest BCUT2D eigenvalue weighted by atomic mass is 9.65. The van der Waals surface area contributed by atoms with Crippen LogP contribution in [0.3, 0.4) is 0 Å². The van der Waals surface area contributed by atoms with Crippen molar-refractivity contribution in [2.75, 3.05) is 13.1 Å². The summed E-state index contributed by atoms with van der Waals surface area (Å²) >= 11 is 3.74. The zero-order chi connectivity index (χ0) is 16.8. The predicted octanol–water partition coefficient (Wildman–Crippen LogP) is 3.95. The van der Waals surface area contributed by atoms with Gasteiger partial charge in [-0.2, -0.15) is 0 Å². The van der Waals surface area contributed by atoms with E-state index in [0.717, 1.165) is 38.8 Å². The Kier molecular flexibility index (Phi) is 4.74. The van der Waals surface area contributed by atoms with Crippen molar-refractivity contribution in [3.63, 3.8) is 0 Å². The van der Waals surface area contributed by atoms with Crippen LogP contribution in [0.1, 0.15) is 59.3 Å². The minimum Gasteiger partial charge on any atom is -0.444 e. The molecule has 5 heteroatoms. The summed E-state index contributed by atoms with van der Waals surface area (Å²) < 4.78 is 5.50. The van der Waals surface area contributed by atoms with E-state index >= 15 is 0 Å². The van der Waals surface area contributed by atoms with E-state index in [1.54, 1.807) is 0 Å². The minimum atomic E-state index is -0.435. The first-order valence-electron chi connectivity index (χ1n) is 9.00. The van der Waals surface area contributed by atoms with E-state index in [4.69, 9.17) is 4.74 Å². The van der Waals surface area contributed by atoms with Crippen molar-refractivity contribution in [3.05, 3.63) is 0 Å². The molecule has 132 valence electrons. The van der Waals surface area contributed by atoms with E-state index in [9.17, 15) is 9.90 Å². The molecular weight excluding hydrogens is 358 g/mol. The number of piperidine rings is 1. The Bertz CT molecular complexity index is 454. The summed E-state index contributed by atoms with van der Waals surface area (Å²) in [6.07, 6.45) is 6.12. The molecule has 0 bridgehead atoms. The van der Waals surface area contributed by atoms with Crippen LogP contribution in [0.4, 0.5) is 4.79 Å². The molecule has 2 saturated carbocycles. The van der Waals surface area contributed by atoms with Crippen molar-refractivity contribution in [1.29, 1.82) is 0 Å². The molecule has 0 radical (unpaired) electrons. The second kappa shape index (κ2) is 6.21. The molecule has 1 spiro atoms. The van der Waals surface area contributed by atoms with Crippen LogP contribution in [0.15, 0.2) is 0 Å². The van der Waals surface area contributed by atoms with Crippen molar-refractivity contribution in [1.82, 2.24) is 4.90 Å². The lowest BCUT2D eigenvalue weighted by Crippen LogP contribution is -2.47. The molecule has 0 aromatic carbocycles. The van der Waals surface area contributed by atoms with Crippen LogP contribution in [-0.2, 0) is 4.74 Å². The highest BCUT2D eigenvalue weighted by Gasteiger charge is 2.55. The monoisotopic (exact) mass is 387 g/mol. The second-order valence-electron chi connectivity index (χ2n) is 8.78. The molecule has 1 N–H and O–H groups in total. The van der Waals surface area contributed by atoms with Gasteiger partial charge in [0.25, 0.3) is 0 Å². The van der Waals surface area contributed by atoms with Crippen molar-refractivity contribution in [2.45, 2.75) is 75.8 Å². The van der Waals surface area contributed by atoms with Gasteiger partial charge in [-0.1, -0.05) is 15.9 Å². The first-order chi connectivity index (χ1) is 10.7. The number of likely N-dealkylation sites (tertiary alicyclic amines) is 1. The number of ether oxygens (including phenoxy) is 1. The summed E-state index contributed by atoms with van der Waals surface area (Å²) in [5.41, 5.74) is -0.190. The number of hydrogen-bond acceptors (Lipinski definition) is 3. The first-order valence-corrected chi connectivity index (χ1v) is 9.92. The number of amides is 1. The molecular formula is C18H30BrNO3. The molecule has 4 unspecified atom stereocenters. The summed E-state index contributed by atoms with van der Waals surface area (Å²) in [4.78, 5) is 14.7. The standard InChI is InChI=1S/C18H30BrNO3/c1-17(2,3)23-16(22)20-8-6-18(7-9-20)11-15(21)13-10-12(19)4-5-14(13)18/h12-15,21H,4-11H2,1-3H3. The molecule has 1 saturated heterocycles. The number of carbonyl (C=O) groups excluding carboxylic acids is 1.